The highest BCUT2D eigenvalue weighted by molar-refractivity contribution is 5.75. The van der Waals surface area contributed by atoms with Crippen LogP contribution in [-0.2, 0) is 4.79 Å². The van der Waals surface area contributed by atoms with Gasteiger partial charge < -0.3 is 5.11 Å². The topological polar surface area (TPSA) is 50.2 Å². The highest BCUT2D eigenvalue weighted by atomic mass is 16.4. The molecule has 1 saturated carbocycles. The van der Waals surface area contributed by atoms with Gasteiger partial charge in [-0.15, -0.1) is 0 Å². The summed E-state index contributed by atoms with van der Waals surface area (Å²) in [4.78, 5) is 14.9. The van der Waals surface area contributed by atoms with Crippen molar-refractivity contribution in [1.82, 2.24) is 4.98 Å². The lowest BCUT2D eigenvalue weighted by atomic mass is 10.2. The van der Waals surface area contributed by atoms with Gasteiger partial charge in [0, 0.05) is 17.8 Å². The molecule has 68 valence electrons. The van der Waals surface area contributed by atoms with Crippen molar-refractivity contribution in [2.45, 2.75) is 12.8 Å². The number of hydrogen-bond donors (Lipinski definition) is 1. The number of carboxylic acids is 1. The third-order valence-electron chi connectivity index (χ3n) is 2.69. The predicted octanol–water partition coefficient (Wildman–Crippen LogP) is 1.52. The lowest BCUT2D eigenvalue weighted by Gasteiger charge is -1.94. The zero-order valence-electron chi connectivity index (χ0n) is 7.34. The van der Waals surface area contributed by atoms with Crippen LogP contribution in [0.4, 0.5) is 0 Å². The quantitative estimate of drug-likeness (QED) is 0.745. The second kappa shape index (κ2) is 2.83. The van der Waals surface area contributed by atoms with E-state index in [1.54, 1.807) is 6.20 Å². The summed E-state index contributed by atoms with van der Waals surface area (Å²) in [6.07, 6.45) is 1.71. The van der Waals surface area contributed by atoms with E-state index < -0.39 is 5.97 Å². The molecule has 1 N–H and O–H groups in total. The van der Waals surface area contributed by atoms with Gasteiger partial charge in [0.15, 0.2) is 0 Å². The van der Waals surface area contributed by atoms with E-state index in [1.165, 1.54) is 0 Å². The van der Waals surface area contributed by atoms with E-state index in [4.69, 9.17) is 5.11 Å². The molecule has 0 aliphatic heterocycles. The summed E-state index contributed by atoms with van der Waals surface area (Å²) >= 11 is 0. The molecule has 0 saturated heterocycles. The Morgan fingerprint density at radius 1 is 1.54 bits per heavy atom. The molecule has 3 atom stereocenters. The van der Waals surface area contributed by atoms with Crippen molar-refractivity contribution in [3.05, 3.63) is 30.1 Å². The number of aromatic nitrogens is 1. The van der Waals surface area contributed by atoms with E-state index in [9.17, 15) is 4.79 Å². The molecule has 0 aromatic carbocycles. The average molecular weight is 177 g/mol. The molecule has 0 unspecified atom stereocenters. The van der Waals surface area contributed by atoms with Crippen LogP contribution in [0.3, 0.4) is 0 Å². The zero-order chi connectivity index (χ0) is 9.42. The van der Waals surface area contributed by atoms with Crippen LogP contribution < -0.4 is 0 Å². The monoisotopic (exact) mass is 177 g/mol. The summed E-state index contributed by atoms with van der Waals surface area (Å²) in [5.41, 5.74) is 0.905. The van der Waals surface area contributed by atoms with Gasteiger partial charge in [-0.05, 0) is 18.1 Å². The molecule has 1 aliphatic carbocycles. The van der Waals surface area contributed by atoms with E-state index in [2.05, 4.69) is 4.98 Å². The predicted molar refractivity (Wildman–Crippen MR) is 47.3 cm³/mol. The first-order valence-corrected chi connectivity index (χ1v) is 4.35. The molecular formula is C10H11NO2. The average Bonchev–Trinajstić information content (AvgIpc) is 2.79. The van der Waals surface area contributed by atoms with Crippen LogP contribution in [0.25, 0.3) is 0 Å². The highest BCUT2D eigenvalue weighted by Crippen LogP contribution is 2.52. The van der Waals surface area contributed by atoms with Crippen molar-refractivity contribution < 1.29 is 9.90 Å². The molecule has 0 spiro atoms. The molecule has 0 amide bonds. The molecule has 1 heterocycles. The minimum Gasteiger partial charge on any atom is -0.481 e. The van der Waals surface area contributed by atoms with Gasteiger partial charge in [-0.2, -0.15) is 0 Å². The van der Waals surface area contributed by atoms with Gasteiger partial charge in [0.1, 0.15) is 0 Å². The number of hydrogen-bond acceptors (Lipinski definition) is 2. The summed E-state index contributed by atoms with van der Waals surface area (Å²) in [5, 5.41) is 8.83. The zero-order valence-corrected chi connectivity index (χ0v) is 7.34. The first-order chi connectivity index (χ1) is 6.22. The third-order valence-corrected chi connectivity index (χ3v) is 2.69. The first kappa shape index (κ1) is 8.23. The Hall–Kier alpha value is -1.38. The van der Waals surface area contributed by atoms with Gasteiger partial charge in [0.2, 0.25) is 0 Å². The van der Waals surface area contributed by atoms with Crippen molar-refractivity contribution in [2.24, 2.45) is 11.8 Å². The van der Waals surface area contributed by atoms with E-state index >= 15 is 0 Å². The van der Waals surface area contributed by atoms with Crippen LogP contribution >= 0.6 is 0 Å². The number of aliphatic carboxylic acids is 1. The minimum atomic E-state index is -0.705. The lowest BCUT2D eigenvalue weighted by Crippen LogP contribution is -2.00. The molecule has 1 aromatic rings. The van der Waals surface area contributed by atoms with Crippen LogP contribution in [0, 0.1) is 11.8 Å². The summed E-state index contributed by atoms with van der Waals surface area (Å²) in [7, 11) is 0. The highest BCUT2D eigenvalue weighted by Gasteiger charge is 2.53. The second-order valence-corrected chi connectivity index (χ2v) is 3.50. The van der Waals surface area contributed by atoms with Gasteiger partial charge >= 0.3 is 5.97 Å². The summed E-state index contributed by atoms with van der Waals surface area (Å²) < 4.78 is 0. The van der Waals surface area contributed by atoms with E-state index in [0.717, 1.165) is 5.69 Å². The molecule has 1 aliphatic rings. The van der Waals surface area contributed by atoms with Gasteiger partial charge in [0.25, 0.3) is 0 Å². The van der Waals surface area contributed by atoms with Gasteiger partial charge in [-0.3, -0.25) is 9.78 Å². The third kappa shape index (κ3) is 1.30. The van der Waals surface area contributed by atoms with Crippen molar-refractivity contribution in [2.75, 3.05) is 0 Å². The maximum Gasteiger partial charge on any atom is 0.307 e. The molecule has 1 fully saturated rings. The molecule has 2 rings (SSSR count). The Bertz CT molecular complexity index is 323. The minimum absolute atomic E-state index is 0.124. The maximum atomic E-state index is 10.7. The smallest absolute Gasteiger partial charge is 0.307 e. The van der Waals surface area contributed by atoms with E-state index in [0.29, 0.717) is 0 Å². The summed E-state index contributed by atoms with van der Waals surface area (Å²) in [5.74, 6) is -0.579. The molecule has 3 nitrogen and oxygen atoms in total. The molecule has 1 aromatic heterocycles. The van der Waals surface area contributed by atoms with Crippen LogP contribution in [0.15, 0.2) is 24.4 Å². The van der Waals surface area contributed by atoms with Gasteiger partial charge in [-0.1, -0.05) is 13.0 Å². The number of carbonyl (C=O) groups is 1. The summed E-state index contributed by atoms with van der Waals surface area (Å²) in [6.45, 7) is 1.96. The fourth-order valence-corrected chi connectivity index (χ4v) is 1.87. The molecule has 0 radical (unpaired) electrons. The molecular weight excluding hydrogens is 166 g/mol. The SMILES string of the molecule is C[C@@H]1[C@@H](C(=O)O)[C@@H]1c1ccccn1. The number of nitrogens with zero attached hydrogens (tertiary/aromatic N) is 1. The second-order valence-electron chi connectivity index (χ2n) is 3.50. The Morgan fingerprint density at radius 2 is 2.31 bits per heavy atom. The van der Waals surface area contributed by atoms with E-state index in [1.807, 2.05) is 25.1 Å². The van der Waals surface area contributed by atoms with Crippen LogP contribution in [0.2, 0.25) is 0 Å². The first-order valence-electron chi connectivity index (χ1n) is 4.35. The fraction of sp³-hybridized carbons (Fsp3) is 0.400. The Labute approximate surface area is 76.4 Å². The number of rotatable bonds is 2. The lowest BCUT2D eigenvalue weighted by molar-refractivity contribution is -0.138. The Morgan fingerprint density at radius 3 is 2.77 bits per heavy atom. The largest absolute Gasteiger partial charge is 0.481 e. The van der Waals surface area contributed by atoms with Crippen molar-refractivity contribution in [1.29, 1.82) is 0 Å². The van der Waals surface area contributed by atoms with Crippen molar-refractivity contribution >= 4 is 5.97 Å². The normalized spacial score (nSPS) is 31.3. The number of carboxylic acid groups (broad SMARTS) is 1. The van der Waals surface area contributed by atoms with Crippen molar-refractivity contribution in [3.63, 3.8) is 0 Å². The molecule has 13 heavy (non-hydrogen) atoms. The van der Waals surface area contributed by atoms with Crippen LogP contribution in [0.5, 0.6) is 0 Å². The van der Waals surface area contributed by atoms with Crippen LogP contribution in [-0.4, -0.2) is 16.1 Å². The summed E-state index contributed by atoms with van der Waals surface area (Å²) in [6, 6.07) is 5.63. The van der Waals surface area contributed by atoms with E-state index in [-0.39, 0.29) is 17.8 Å². The fourth-order valence-electron chi connectivity index (χ4n) is 1.87. The Balaban J connectivity index is 2.18. The Kier molecular flexibility index (Phi) is 1.79. The number of pyridine rings is 1. The van der Waals surface area contributed by atoms with Gasteiger partial charge in [-0.25, -0.2) is 0 Å². The maximum absolute atomic E-state index is 10.7. The van der Waals surface area contributed by atoms with Gasteiger partial charge in [0.05, 0.1) is 5.92 Å². The van der Waals surface area contributed by atoms with Crippen molar-refractivity contribution in [3.8, 4) is 0 Å². The standard InChI is InChI=1S/C10H11NO2/c1-6-8(9(6)10(12)13)7-4-2-3-5-11-7/h2-6,8-9H,1H3,(H,12,13)/t6-,8-,9+/m0/s1. The molecule has 3 heteroatoms. The molecule has 0 bridgehead atoms. The van der Waals surface area contributed by atoms with Crippen LogP contribution in [0.1, 0.15) is 18.5 Å².